The highest BCUT2D eigenvalue weighted by Crippen LogP contribution is 2.40. The summed E-state index contributed by atoms with van der Waals surface area (Å²) >= 11 is 0. The number of aromatic nitrogens is 1. The molecule has 0 saturated heterocycles. The lowest BCUT2D eigenvalue weighted by Crippen LogP contribution is -2.32. The molecule has 4 N–H and O–H groups in total. The molecule has 0 bridgehead atoms. The zero-order chi connectivity index (χ0) is 45.1. The first-order valence-corrected chi connectivity index (χ1v) is 23.0. The molecular formula is C43H51N5O12S2. The molecule has 0 aliphatic carbocycles. The number of nitrogens with zero attached hydrogens (tertiary/aromatic N) is 1. The van der Waals surface area contributed by atoms with Crippen molar-refractivity contribution in [1.29, 1.82) is 0 Å². The first-order chi connectivity index (χ1) is 29.3. The first kappa shape index (κ1) is 46.9. The second kappa shape index (κ2) is 20.6. The zero-order valence-electron chi connectivity index (χ0n) is 35.5. The quantitative estimate of drug-likeness (QED) is 0.0620. The highest BCUT2D eigenvalue weighted by molar-refractivity contribution is 7.92. The van der Waals surface area contributed by atoms with Crippen molar-refractivity contribution in [2.45, 2.75) is 32.6 Å². The third-order valence-electron chi connectivity index (χ3n) is 8.81. The van der Waals surface area contributed by atoms with E-state index in [-0.39, 0.29) is 49.0 Å². The number of sulfonamides is 2. The van der Waals surface area contributed by atoms with Gasteiger partial charge in [-0.1, -0.05) is 45.0 Å². The number of nitrogens with one attached hydrogen (secondary N) is 4. The molecule has 0 unspecified atom stereocenters. The average Bonchev–Trinajstić information content (AvgIpc) is 3.18. The molecule has 4 aromatic carbocycles. The first-order valence-electron chi connectivity index (χ1n) is 19.2. The van der Waals surface area contributed by atoms with Gasteiger partial charge in [0.2, 0.25) is 20.0 Å². The lowest BCUT2D eigenvalue weighted by Gasteiger charge is -2.24. The van der Waals surface area contributed by atoms with Crippen molar-refractivity contribution < 1.29 is 54.8 Å². The number of methoxy groups -OCH3 is 2. The summed E-state index contributed by atoms with van der Waals surface area (Å²) in [4.78, 5) is 29.6. The number of hydrogen-bond acceptors (Lipinski definition) is 13. The van der Waals surface area contributed by atoms with Gasteiger partial charge in [0.25, 0.3) is 5.91 Å². The molecule has 0 aliphatic heterocycles. The fourth-order valence-electron chi connectivity index (χ4n) is 6.12. The summed E-state index contributed by atoms with van der Waals surface area (Å²) in [5.41, 5.74) is 2.97. The summed E-state index contributed by atoms with van der Waals surface area (Å²) in [6.45, 7) is 6.25. The van der Waals surface area contributed by atoms with Crippen LogP contribution in [0.3, 0.4) is 0 Å². The van der Waals surface area contributed by atoms with E-state index in [9.17, 15) is 26.4 Å². The van der Waals surface area contributed by atoms with Crippen LogP contribution in [-0.2, 0) is 46.2 Å². The molecule has 0 saturated carbocycles. The number of hydrogen-bond donors (Lipinski definition) is 4. The maximum absolute atomic E-state index is 13.5. The van der Waals surface area contributed by atoms with E-state index in [4.69, 9.17) is 28.4 Å². The normalized spacial score (nSPS) is 11.7. The van der Waals surface area contributed by atoms with Gasteiger partial charge in [0.1, 0.15) is 36.2 Å². The van der Waals surface area contributed by atoms with Crippen LogP contribution in [0.4, 0.5) is 21.9 Å². The fraction of sp³-hybridized carbons (Fsp3) is 0.326. The van der Waals surface area contributed by atoms with Crippen LogP contribution in [-0.4, -0.2) is 93.5 Å². The molecule has 332 valence electrons. The van der Waals surface area contributed by atoms with Crippen molar-refractivity contribution in [3.63, 3.8) is 0 Å². The SMILES string of the molecule is COc1cc(Cc2cc(Oc3ccc(NC(=O)Nc4cc(C(C)(C)C)cc(NS(C)(=O)=O)c4OC)c4ccccc34)ccn2)cc(OCCOCCOCC(=O)NS(C)(=O)=O)c1. The van der Waals surface area contributed by atoms with Crippen LogP contribution >= 0.6 is 0 Å². The molecule has 62 heavy (non-hydrogen) atoms. The predicted octanol–water partition coefficient (Wildman–Crippen LogP) is 6.44. The number of benzene rings is 4. The number of anilines is 3. The summed E-state index contributed by atoms with van der Waals surface area (Å²) in [6, 6.07) is 22.9. The number of urea groups is 1. The Kier molecular flexibility index (Phi) is 15.6. The molecular weight excluding hydrogens is 843 g/mol. The van der Waals surface area contributed by atoms with Gasteiger partial charge in [-0.3, -0.25) is 19.2 Å². The number of ether oxygens (including phenoxy) is 6. The molecule has 5 aromatic rings. The summed E-state index contributed by atoms with van der Waals surface area (Å²) in [5.74, 6) is 1.63. The Morgan fingerprint density at radius 2 is 1.37 bits per heavy atom. The van der Waals surface area contributed by atoms with Gasteiger partial charge in [0.05, 0.1) is 63.6 Å². The third-order valence-corrected chi connectivity index (χ3v) is 10.0. The molecule has 0 aliphatic rings. The standard InChI is InChI=1S/C43H51N5O12S2/c1-43(2,3)29-23-37(41(56-5)38(24-29)47-61(6,51)52)46-42(50)45-36-12-13-39(35-11-9-8-10-34(35)36)60-31-14-15-44-30(25-31)20-28-21-32(55-4)26-33(22-28)59-19-18-57-16-17-58-27-40(49)48-62(7,53)54/h8-15,21-26,47H,16-20,27H2,1-7H3,(H,48,49)(H2,45,46,50). The fourth-order valence-corrected chi connectivity index (χ4v) is 7.14. The largest absolute Gasteiger partial charge is 0.497 e. The second-order valence-electron chi connectivity index (χ2n) is 15.1. The van der Waals surface area contributed by atoms with Crippen molar-refractivity contribution in [3.8, 4) is 28.7 Å². The van der Waals surface area contributed by atoms with Crippen LogP contribution in [0, 0.1) is 0 Å². The molecule has 0 atom stereocenters. The number of carbonyl (C=O) groups excluding carboxylic acids is 2. The monoisotopic (exact) mass is 893 g/mol. The minimum atomic E-state index is -3.65. The van der Waals surface area contributed by atoms with Gasteiger partial charge in [-0.05, 0) is 59.0 Å². The van der Waals surface area contributed by atoms with E-state index < -0.39 is 38.6 Å². The van der Waals surface area contributed by atoms with E-state index in [0.29, 0.717) is 40.5 Å². The Labute approximate surface area is 361 Å². The molecule has 0 fully saturated rings. The molecule has 5 rings (SSSR count). The number of fused-ring (bicyclic) bond motifs is 1. The van der Waals surface area contributed by atoms with E-state index in [0.717, 1.165) is 34.7 Å². The van der Waals surface area contributed by atoms with E-state index in [1.807, 2.05) is 68.0 Å². The van der Waals surface area contributed by atoms with Gasteiger partial charge in [0.15, 0.2) is 5.75 Å². The zero-order valence-corrected chi connectivity index (χ0v) is 37.1. The number of amides is 3. The lowest BCUT2D eigenvalue weighted by atomic mass is 9.86. The number of rotatable bonds is 20. The Morgan fingerprint density at radius 3 is 2.06 bits per heavy atom. The molecule has 0 radical (unpaired) electrons. The van der Waals surface area contributed by atoms with Crippen molar-refractivity contribution >= 4 is 59.8 Å². The van der Waals surface area contributed by atoms with Crippen molar-refractivity contribution in [1.82, 2.24) is 9.71 Å². The molecule has 1 aromatic heterocycles. The predicted molar refractivity (Wildman–Crippen MR) is 237 cm³/mol. The van der Waals surface area contributed by atoms with Crippen molar-refractivity contribution in [2.75, 3.05) is 75.1 Å². The van der Waals surface area contributed by atoms with Gasteiger partial charge < -0.3 is 39.1 Å². The maximum Gasteiger partial charge on any atom is 0.323 e. The third kappa shape index (κ3) is 14.2. The number of pyridine rings is 1. The topological polar surface area (TPSA) is 219 Å². The molecule has 17 nitrogen and oxygen atoms in total. The van der Waals surface area contributed by atoms with Crippen LogP contribution in [0.5, 0.6) is 28.7 Å². The van der Waals surface area contributed by atoms with Crippen molar-refractivity contribution in [3.05, 3.63) is 102 Å². The average molecular weight is 894 g/mol. The van der Waals surface area contributed by atoms with Gasteiger partial charge in [-0.25, -0.2) is 21.6 Å². The summed E-state index contributed by atoms with van der Waals surface area (Å²) in [6.07, 6.45) is 4.01. The molecule has 1 heterocycles. The minimum absolute atomic E-state index is 0.0932. The maximum atomic E-state index is 13.5. The summed E-state index contributed by atoms with van der Waals surface area (Å²) in [5, 5.41) is 7.20. The van der Waals surface area contributed by atoms with E-state index >= 15 is 0 Å². The Bertz CT molecular complexity index is 2620. The molecule has 19 heteroatoms. The van der Waals surface area contributed by atoms with Gasteiger partial charge in [-0.15, -0.1) is 0 Å². The van der Waals surface area contributed by atoms with Crippen LogP contribution in [0.1, 0.15) is 37.6 Å². The lowest BCUT2D eigenvalue weighted by molar-refractivity contribution is -0.124. The van der Waals surface area contributed by atoms with Crippen LogP contribution in [0.25, 0.3) is 10.8 Å². The van der Waals surface area contributed by atoms with Crippen LogP contribution in [0.2, 0.25) is 0 Å². The molecule has 0 spiro atoms. The Balaban J connectivity index is 1.23. The Morgan fingerprint density at radius 1 is 0.694 bits per heavy atom. The summed E-state index contributed by atoms with van der Waals surface area (Å²) < 4.78 is 84.8. The van der Waals surface area contributed by atoms with Gasteiger partial charge in [0, 0.05) is 41.2 Å². The van der Waals surface area contributed by atoms with Crippen LogP contribution in [0.15, 0.2) is 85.1 Å². The highest BCUT2D eigenvalue weighted by Gasteiger charge is 2.23. The van der Waals surface area contributed by atoms with E-state index in [2.05, 4.69) is 20.3 Å². The van der Waals surface area contributed by atoms with Crippen LogP contribution < -0.4 is 39.0 Å². The molecule has 3 amide bonds. The van der Waals surface area contributed by atoms with Gasteiger partial charge in [-0.2, -0.15) is 0 Å². The van der Waals surface area contributed by atoms with Gasteiger partial charge >= 0.3 is 6.03 Å². The number of carbonyl (C=O) groups is 2. The van der Waals surface area contributed by atoms with E-state index in [1.165, 1.54) is 7.11 Å². The highest BCUT2D eigenvalue weighted by atomic mass is 32.2. The minimum Gasteiger partial charge on any atom is -0.497 e. The smallest absolute Gasteiger partial charge is 0.323 e. The Hall–Kier alpha value is -6.15. The van der Waals surface area contributed by atoms with Crippen molar-refractivity contribution in [2.24, 2.45) is 0 Å². The van der Waals surface area contributed by atoms with E-state index in [1.54, 1.807) is 49.7 Å². The second-order valence-corrected chi connectivity index (χ2v) is 18.6. The summed E-state index contributed by atoms with van der Waals surface area (Å²) in [7, 11) is -4.34.